The largest absolute Gasteiger partial charge is 0.384 e. The van der Waals surface area contributed by atoms with Crippen LogP contribution in [0.2, 0.25) is 0 Å². The molecule has 0 spiro atoms. The van der Waals surface area contributed by atoms with Gasteiger partial charge in [0, 0.05) is 25.1 Å². The molecule has 1 aliphatic carbocycles. The highest BCUT2D eigenvalue weighted by atomic mass is 32.2. The SMILES string of the molecule is CCNc1ccccc1S(=O)(=O)NC1CC(OC)C1(C)C. The average Bonchev–Trinajstić information content (AvgIpc) is 2.44. The summed E-state index contributed by atoms with van der Waals surface area (Å²) in [7, 11) is -1.88. The normalized spacial score (nSPS) is 24.4. The van der Waals surface area contributed by atoms with Crippen LogP contribution in [0.3, 0.4) is 0 Å². The Hall–Kier alpha value is -1.11. The molecule has 1 aliphatic rings. The van der Waals surface area contributed by atoms with Gasteiger partial charge in [-0.2, -0.15) is 0 Å². The molecular weight excluding hydrogens is 288 g/mol. The van der Waals surface area contributed by atoms with E-state index in [2.05, 4.69) is 10.0 Å². The van der Waals surface area contributed by atoms with Crippen molar-refractivity contribution in [2.45, 2.75) is 44.2 Å². The van der Waals surface area contributed by atoms with E-state index in [4.69, 9.17) is 4.74 Å². The molecular formula is C15H24N2O3S. The second-order valence-corrected chi connectivity index (χ2v) is 7.66. The molecule has 1 aromatic rings. The Bertz CT molecular complexity index is 599. The van der Waals surface area contributed by atoms with Gasteiger partial charge in [0.25, 0.3) is 0 Å². The van der Waals surface area contributed by atoms with Gasteiger partial charge in [-0.1, -0.05) is 26.0 Å². The van der Waals surface area contributed by atoms with Crippen molar-refractivity contribution in [3.8, 4) is 0 Å². The maximum atomic E-state index is 12.6. The summed E-state index contributed by atoms with van der Waals surface area (Å²) in [5.74, 6) is 0. The highest BCUT2D eigenvalue weighted by Crippen LogP contribution is 2.43. The fourth-order valence-corrected chi connectivity index (χ4v) is 4.36. The van der Waals surface area contributed by atoms with E-state index in [1.165, 1.54) is 0 Å². The minimum absolute atomic E-state index is 0.0919. The Labute approximate surface area is 127 Å². The molecule has 6 heteroatoms. The van der Waals surface area contributed by atoms with Crippen LogP contribution in [0.5, 0.6) is 0 Å². The molecule has 0 bridgehead atoms. The van der Waals surface area contributed by atoms with Gasteiger partial charge in [0.2, 0.25) is 10.0 Å². The van der Waals surface area contributed by atoms with Gasteiger partial charge in [0.15, 0.2) is 0 Å². The molecule has 118 valence electrons. The van der Waals surface area contributed by atoms with Crippen LogP contribution in [0.25, 0.3) is 0 Å². The van der Waals surface area contributed by atoms with E-state index in [0.29, 0.717) is 23.5 Å². The lowest BCUT2D eigenvalue weighted by Gasteiger charge is -2.50. The number of hydrogen-bond acceptors (Lipinski definition) is 4. The van der Waals surface area contributed by atoms with E-state index >= 15 is 0 Å². The maximum absolute atomic E-state index is 12.6. The minimum atomic E-state index is -3.54. The monoisotopic (exact) mass is 312 g/mol. The molecule has 0 aliphatic heterocycles. The maximum Gasteiger partial charge on any atom is 0.242 e. The molecule has 0 aromatic heterocycles. The third kappa shape index (κ3) is 3.07. The summed E-state index contributed by atoms with van der Waals surface area (Å²) in [5, 5.41) is 3.09. The number of rotatable bonds is 6. The summed E-state index contributed by atoms with van der Waals surface area (Å²) >= 11 is 0. The van der Waals surface area contributed by atoms with Gasteiger partial charge in [-0.25, -0.2) is 13.1 Å². The molecule has 1 saturated carbocycles. The molecule has 0 radical (unpaired) electrons. The van der Waals surface area contributed by atoms with Gasteiger partial charge >= 0.3 is 0 Å². The van der Waals surface area contributed by atoms with Gasteiger partial charge in [-0.05, 0) is 25.5 Å². The summed E-state index contributed by atoms with van der Waals surface area (Å²) in [4.78, 5) is 0.295. The number of benzene rings is 1. The predicted octanol–water partition coefficient (Wildman–Crippen LogP) is 2.21. The van der Waals surface area contributed by atoms with Crippen molar-refractivity contribution in [3.63, 3.8) is 0 Å². The second-order valence-electron chi connectivity index (χ2n) is 5.98. The Morgan fingerprint density at radius 3 is 2.57 bits per heavy atom. The fraction of sp³-hybridized carbons (Fsp3) is 0.600. The minimum Gasteiger partial charge on any atom is -0.384 e. The van der Waals surface area contributed by atoms with Crippen molar-refractivity contribution >= 4 is 15.7 Å². The Kier molecular flexibility index (Phi) is 4.60. The van der Waals surface area contributed by atoms with E-state index in [0.717, 1.165) is 0 Å². The molecule has 2 N–H and O–H groups in total. The number of sulfonamides is 1. The van der Waals surface area contributed by atoms with Crippen LogP contribution < -0.4 is 10.0 Å². The third-order valence-electron chi connectivity index (χ3n) is 4.30. The van der Waals surface area contributed by atoms with Gasteiger partial charge in [-0.3, -0.25) is 0 Å². The summed E-state index contributed by atoms with van der Waals surface area (Å²) in [6.07, 6.45) is 0.792. The smallest absolute Gasteiger partial charge is 0.242 e. The molecule has 1 aromatic carbocycles. The van der Waals surface area contributed by atoms with Crippen molar-refractivity contribution < 1.29 is 13.2 Å². The Balaban J connectivity index is 2.21. The van der Waals surface area contributed by atoms with Crippen molar-refractivity contribution in [3.05, 3.63) is 24.3 Å². The highest BCUT2D eigenvalue weighted by molar-refractivity contribution is 7.89. The molecule has 2 atom stereocenters. The van der Waals surface area contributed by atoms with Gasteiger partial charge in [0.05, 0.1) is 11.8 Å². The van der Waals surface area contributed by atoms with Crippen LogP contribution in [0.15, 0.2) is 29.2 Å². The van der Waals surface area contributed by atoms with Crippen molar-refractivity contribution in [1.29, 1.82) is 0 Å². The first-order valence-electron chi connectivity index (χ1n) is 7.21. The van der Waals surface area contributed by atoms with Gasteiger partial charge in [-0.15, -0.1) is 0 Å². The van der Waals surface area contributed by atoms with Gasteiger partial charge in [0.1, 0.15) is 4.90 Å². The van der Waals surface area contributed by atoms with Crippen LogP contribution in [0.4, 0.5) is 5.69 Å². The van der Waals surface area contributed by atoms with Crippen LogP contribution >= 0.6 is 0 Å². The number of anilines is 1. The predicted molar refractivity (Wildman–Crippen MR) is 83.9 cm³/mol. The summed E-state index contributed by atoms with van der Waals surface area (Å²) in [6, 6.07) is 6.86. The summed E-state index contributed by atoms with van der Waals surface area (Å²) in [6.45, 7) is 6.66. The zero-order valence-corrected chi connectivity index (χ0v) is 13.8. The lowest BCUT2D eigenvalue weighted by atomic mass is 9.65. The zero-order valence-electron chi connectivity index (χ0n) is 13.0. The standard InChI is InChI=1S/C15H24N2O3S/c1-5-16-11-8-6-7-9-12(11)21(18,19)17-13-10-14(20-4)15(13,2)3/h6-9,13-14,16-17H,5,10H2,1-4H3. The molecule has 1 fully saturated rings. The van der Waals surface area contributed by atoms with Crippen molar-refractivity contribution in [2.75, 3.05) is 19.0 Å². The van der Waals surface area contributed by atoms with E-state index in [1.807, 2.05) is 26.8 Å². The first kappa shape index (κ1) is 16.3. The van der Waals surface area contributed by atoms with Crippen molar-refractivity contribution in [2.24, 2.45) is 5.41 Å². The van der Waals surface area contributed by atoms with Crippen LogP contribution in [0, 0.1) is 5.41 Å². The quantitative estimate of drug-likeness (QED) is 0.845. The Morgan fingerprint density at radius 1 is 1.33 bits per heavy atom. The summed E-state index contributed by atoms with van der Waals surface area (Å²) in [5.41, 5.74) is 0.433. The number of nitrogens with one attached hydrogen (secondary N) is 2. The number of hydrogen-bond donors (Lipinski definition) is 2. The molecule has 21 heavy (non-hydrogen) atoms. The molecule has 5 nitrogen and oxygen atoms in total. The van der Waals surface area contributed by atoms with E-state index in [9.17, 15) is 8.42 Å². The molecule has 0 saturated heterocycles. The first-order valence-corrected chi connectivity index (χ1v) is 8.69. The summed E-state index contributed by atoms with van der Waals surface area (Å²) < 4.78 is 33.4. The van der Waals surface area contributed by atoms with Crippen LogP contribution in [0.1, 0.15) is 27.2 Å². The second kappa shape index (κ2) is 5.94. The van der Waals surface area contributed by atoms with Crippen LogP contribution in [-0.2, 0) is 14.8 Å². The first-order chi connectivity index (χ1) is 9.82. The average molecular weight is 312 g/mol. The van der Waals surface area contributed by atoms with E-state index in [1.54, 1.807) is 25.3 Å². The molecule has 2 unspecified atom stereocenters. The molecule has 2 rings (SSSR count). The van der Waals surface area contributed by atoms with E-state index in [-0.39, 0.29) is 17.6 Å². The number of methoxy groups -OCH3 is 1. The molecule has 0 amide bonds. The number of para-hydroxylation sites is 1. The van der Waals surface area contributed by atoms with Crippen LogP contribution in [-0.4, -0.2) is 34.2 Å². The lowest BCUT2D eigenvalue weighted by molar-refractivity contribution is -0.0908. The lowest BCUT2D eigenvalue weighted by Crippen LogP contribution is -2.61. The van der Waals surface area contributed by atoms with Crippen molar-refractivity contribution in [1.82, 2.24) is 4.72 Å². The van der Waals surface area contributed by atoms with Gasteiger partial charge < -0.3 is 10.1 Å². The zero-order chi connectivity index (χ0) is 15.7. The fourth-order valence-electron chi connectivity index (χ4n) is 2.77. The Morgan fingerprint density at radius 2 is 2.00 bits per heavy atom. The topological polar surface area (TPSA) is 67.4 Å². The highest BCUT2D eigenvalue weighted by Gasteiger charge is 2.50. The van der Waals surface area contributed by atoms with E-state index < -0.39 is 10.0 Å². The number of ether oxygens (including phenoxy) is 1. The molecule has 0 heterocycles. The third-order valence-corrected chi connectivity index (χ3v) is 5.83.